The minimum absolute atomic E-state index is 0.270. The molecule has 5 heteroatoms. The molecule has 0 atom stereocenters. The first-order valence-corrected chi connectivity index (χ1v) is 8.50. The molecular formula is C22H20FN3O. The molecule has 2 aromatic carbocycles. The Hall–Kier alpha value is -3.47. The number of anilines is 2. The van der Waals surface area contributed by atoms with Crippen molar-refractivity contribution in [2.24, 2.45) is 0 Å². The van der Waals surface area contributed by atoms with Crippen LogP contribution >= 0.6 is 0 Å². The molecule has 0 aliphatic rings. The number of halogens is 1. The Bertz CT molecular complexity index is 969. The molecule has 0 fully saturated rings. The number of benzene rings is 2. The number of nitrogens with zero attached hydrogens (tertiary/aromatic N) is 2. The molecule has 1 aromatic heterocycles. The highest BCUT2D eigenvalue weighted by Crippen LogP contribution is 2.24. The lowest BCUT2D eigenvalue weighted by molar-refractivity contribution is 0.0994. The zero-order valence-electron chi connectivity index (χ0n) is 15.2. The molecule has 136 valence electrons. The molecule has 3 rings (SSSR count). The van der Waals surface area contributed by atoms with Crippen molar-refractivity contribution >= 4 is 17.3 Å². The summed E-state index contributed by atoms with van der Waals surface area (Å²) in [4.78, 5) is 18.9. The van der Waals surface area contributed by atoms with Crippen LogP contribution in [0.4, 0.5) is 15.8 Å². The average molecular weight is 361 g/mol. The van der Waals surface area contributed by atoms with Crippen molar-refractivity contribution < 1.29 is 9.18 Å². The summed E-state index contributed by atoms with van der Waals surface area (Å²) in [6.07, 6.45) is 1.60. The maximum absolute atomic E-state index is 13.8. The number of aryl methyl sites for hydroxylation is 2. The molecule has 0 bridgehead atoms. The van der Waals surface area contributed by atoms with Gasteiger partial charge >= 0.3 is 0 Å². The quantitative estimate of drug-likeness (QED) is 0.690. The van der Waals surface area contributed by atoms with Gasteiger partial charge in [-0.15, -0.1) is 0 Å². The van der Waals surface area contributed by atoms with Gasteiger partial charge < -0.3 is 5.32 Å². The molecule has 0 saturated heterocycles. The third-order valence-electron chi connectivity index (χ3n) is 4.12. The van der Waals surface area contributed by atoms with E-state index in [-0.39, 0.29) is 11.5 Å². The second kappa shape index (κ2) is 7.83. The van der Waals surface area contributed by atoms with E-state index in [1.54, 1.807) is 25.3 Å². The van der Waals surface area contributed by atoms with Gasteiger partial charge in [0, 0.05) is 16.9 Å². The van der Waals surface area contributed by atoms with Gasteiger partial charge in [0.1, 0.15) is 11.6 Å². The molecule has 0 aliphatic heterocycles. The van der Waals surface area contributed by atoms with Crippen molar-refractivity contribution in [3.63, 3.8) is 0 Å². The van der Waals surface area contributed by atoms with E-state index >= 15 is 0 Å². The summed E-state index contributed by atoms with van der Waals surface area (Å²) < 4.78 is 13.8. The second-order valence-electron chi connectivity index (χ2n) is 6.20. The van der Waals surface area contributed by atoms with E-state index in [0.717, 1.165) is 11.4 Å². The van der Waals surface area contributed by atoms with Crippen LogP contribution in [0.5, 0.6) is 0 Å². The zero-order valence-corrected chi connectivity index (χ0v) is 15.2. The number of carbonyl (C=O) groups is 1. The molecular weight excluding hydrogens is 341 g/mol. The van der Waals surface area contributed by atoms with Gasteiger partial charge in [0.2, 0.25) is 0 Å². The summed E-state index contributed by atoms with van der Waals surface area (Å²) in [6, 6.07) is 17.2. The van der Waals surface area contributed by atoms with Gasteiger partial charge in [-0.3, -0.25) is 14.7 Å². The number of carbonyl (C=O) groups excluding carboxylic acids is 1. The van der Waals surface area contributed by atoms with Crippen molar-refractivity contribution in [3.8, 4) is 0 Å². The molecule has 1 amide bonds. The number of aromatic nitrogens is 1. The molecule has 0 aliphatic carbocycles. The standard InChI is InChI=1S/C22H20FN3O/c1-15-9-11-18(23)13-21(15)22(27)26(20-12-10-16(2)24-14-20)17(3)25-19-7-5-4-6-8-19/h4-14,25H,3H2,1-2H3. The van der Waals surface area contributed by atoms with Crippen molar-refractivity contribution in [1.29, 1.82) is 0 Å². The van der Waals surface area contributed by atoms with Crippen LogP contribution in [0.15, 0.2) is 79.3 Å². The van der Waals surface area contributed by atoms with Crippen LogP contribution in [0.1, 0.15) is 21.6 Å². The lowest BCUT2D eigenvalue weighted by Crippen LogP contribution is -2.33. The maximum atomic E-state index is 13.8. The van der Waals surface area contributed by atoms with E-state index in [9.17, 15) is 9.18 Å². The predicted molar refractivity (Wildman–Crippen MR) is 106 cm³/mol. The van der Waals surface area contributed by atoms with Crippen molar-refractivity contribution in [2.45, 2.75) is 13.8 Å². The van der Waals surface area contributed by atoms with Crippen LogP contribution in [0.3, 0.4) is 0 Å². The molecule has 0 radical (unpaired) electrons. The van der Waals surface area contributed by atoms with E-state index in [2.05, 4.69) is 16.9 Å². The zero-order chi connectivity index (χ0) is 19.4. The van der Waals surface area contributed by atoms with Gasteiger partial charge in [-0.1, -0.05) is 30.8 Å². The highest BCUT2D eigenvalue weighted by molar-refractivity contribution is 6.09. The van der Waals surface area contributed by atoms with E-state index in [0.29, 0.717) is 17.1 Å². The molecule has 1 N–H and O–H groups in total. The predicted octanol–water partition coefficient (Wildman–Crippen LogP) is 5.07. The maximum Gasteiger partial charge on any atom is 0.264 e. The van der Waals surface area contributed by atoms with Crippen LogP contribution in [0.2, 0.25) is 0 Å². The van der Waals surface area contributed by atoms with Crippen molar-refractivity contribution in [1.82, 2.24) is 4.98 Å². The Labute approximate surface area is 158 Å². The number of nitrogens with one attached hydrogen (secondary N) is 1. The summed E-state index contributed by atoms with van der Waals surface area (Å²) in [5.74, 6) is -0.501. The van der Waals surface area contributed by atoms with Crippen molar-refractivity contribution in [2.75, 3.05) is 10.2 Å². The first-order chi connectivity index (χ1) is 13.0. The lowest BCUT2D eigenvalue weighted by atomic mass is 10.1. The van der Waals surface area contributed by atoms with Gasteiger partial charge in [0.05, 0.1) is 11.9 Å². The number of pyridine rings is 1. The highest BCUT2D eigenvalue weighted by atomic mass is 19.1. The summed E-state index contributed by atoms with van der Waals surface area (Å²) in [6.45, 7) is 7.65. The van der Waals surface area contributed by atoms with Gasteiger partial charge in [0.15, 0.2) is 0 Å². The van der Waals surface area contributed by atoms with E-state index in [1.807, 2.05) is 43.3 Å². The minimum atomic E-state index is -0.465. The fourth-order valence-electron chi connectivity index (χ4n) is 2.68. The third-order valence-corrected chi connectivity index (χ3v) is 4.12. The fourth-order valence-corrected chi connectivity index (χ4v) is 2.68. The van der Waals surface area contributed by atoms with Crippen LogP contribution in [0, 0.1) is 19.7 Å². The van der Waals surface area contributed by atoms with Gasteiger partial charge in [-0.2, -0.15) is 0 Å². The first kappa shape index (κ1) is 18.3. The molecule has 0 saturated carbocycles. The number of rotatable bonds is 5. The van der Waals surface area contributed by atoms with Crippen LogP contribution in [0.25, 0.3) is 0 Å². The lowest BCUT2D eigenvalue weighted by Gasteiger charge is -2.26. The third kappa shape index (κ3) is 4.20. The second-order valence-corrected chi connectivity index (χ2v) is 6.20. The monoisotopic (exact) mass is 361 g/mol. The van der Waals surface area contributed by atoms with Gasteiger partial charge in [-0.05, 0) is 55.8 Å². The summed E-state index contributed by atoms with van der Waals surface area (Å²) in [7, 11) is 0. The normalized spacial score (nSPS) is 10.3. The summed E-state index contributed by atoms with van der Waals surface area (Å²) >= 11 is 0. The number of hydrogen-bond acceptors (Lipinski definition) is 3. The molecule has 1 heterocycles. The highest BCUT2D eigenvalue weighted by Gasteiger charge is 2.23. The van der Waals surface area contributed by atoms with E-state index in [4.69, 9.17) is 0 Å². The molecule has 0 spiro atoms. The molecule has 3 aromatic rings. The average Bonchev–Trinajstić information content (AvgIpc) is 2.66. The Balaban J connectivity index is 2.01. The molecule has 27 heavy (non-hydrogen) atoms. The summed E-state index contributed by atoms with van der Waals surface area (Å²) in [5.41, 5.74) is 3.11. The Morgan fingerprint density at radius 3 is 2.48 bits per heavy atom. The topological polar surface area (TPSA) is 45.2 Å². The Kier molecular flexibility index (Phi) is 5.31. The van der Waals surface area contributed by atoms with Crippen LogP contribution in [-0.2, 0) is 0 Å². The first-order valence-electron chi connectivity index (χ1n) is 8.50. The smallest absolute Gasteiger partial charge is 0.264 e. The van der Waals surface area contributed by atoms with Crippen LogP contribution in [-0.4, -0.2) is 10.9 Å². The number of para-hydroxylation sites is 1. The Morgan fingerprint density at radius 1 is 1.07 bits per heavy atom. The molecule has 0 unspecified atom stereocenters. The largest absolute Gasteiger partial charge is 0.342 e. The van der Waals surface area contributed by atoms with E-state index < -0.39 is 5.82 Å². The van der Waals surface area contributed by atoms with Crippen molar-refractivity contribution in [3.05, 3.63) is 102 Å². The Morgan fingerprint density at radius 2 is 1.81 bits per heavy atom. The van der Waals surface area contributed by atoms with Gasteiger partial charge in [0.25, 0.3) is 5.91 Å². The SMILES string of the molecule is C=C(Nc1ccccc1)N(C(=O)c1cc(F)ccc1C)c1ccc(C)nc1. The molecule has 4 nitrogen and oxygen atoms in total. The fraction of sp³-hybridized carbons (Fsp3) is 0.0909. The summed E-state index contributed by atoms with van der Waals surface area (Å²) in [5, 5.41) is 3.13. The number of amides is 1. The minimum Gasteiger partial charge on any atom is -0.342 e. The van der Waals surface area contributed by atoms with Gasteiger partial charge in [-0.25, -0.2) is 4.39 Å². The van der Waals surface area contributed by atoms with E-state index in [1.165, 1.54) is 17.0 Å². The number of hydrogen-bond donors (Lipinski definition) is 1. The van der Waals surface area contributed by atoms with Crippen LogP contribution < -0.4 is 10.2 Å².